The molecule has 2 aliphatic heterocycles. The largest absolute Gasteiger partial charge is 0.481 e. The first kappa shape index (κ1) is 22.3. The van der Waals surface area contributed by atoms with Gasteiger partial charge in [-0.1, -0.05) is 31.0 Å². The van der Waals surface area contributed by atoms with E-state index in [1.54, 1.807) is 35.2 Å². The second-order valence-electron chi connectivity index (χ2n) is 9.24. The molecule has 1 aliphatic carbocycles. The molecule has 2 aromatic rings. The van der Waals surface area contributed by atoms with Crippen LogP contribution in [0.1, 0.15) is 63.6 Å². The van der Waals surface area contributed by atoms with Gasteiger partial charge < -0.3 is 10.0 Å². The van der Waals surface area contributed by atoms with Gasteiger partial charge >= 0.3 is 5.97 Å². The predicted molar refractivity (Wildman–Crippen MR) is 119 cm³/mol. The van der Waals surface area contributed by atoms with Crippen LogP contribution in [0.2, 0.25) is 0 Å². The minimum absolute atomic E-state index is 0.112. The van der Waals surface area contributed by atoms with Crippen molar-refractivity contribution in [2.45, 2.75) is 38.1 Å². The van der Waals surface area contributed by atoms with Crippen molar-refractivity contribution in [1.82, 2.24) is 9.80 Å². The van der Waals surface area contributed by atoms with Crippen LogP contribution in [0.3, 0.4) is 0 Å². The van der Waals surface area contributed by atoms with Gasteiger partial charge in [-0.2, -0.15) is 0 Å². The molecule has 3 atom stereocenters. The highest BCUT2D eigenvalue weighted by molar-refractivity contribution is 6.21. The first-order valence-corrected chi connectivity index (χ1v) is 11.6. The SMILES string of the molecule is O=C(O)[C@@H]1CCCC[C@@H]1C(=O)N1CCc2ccc(F)cc2C1CN1C(=O)c2ccccc2C1=O. The fourth-order valence-corrected chi connectivity index (χ4v) is 5.64. The van der Waals surface area contributed by atoms with Gasteiger partial charge in [0.05, 0.1) is 35.5 Å². The Morgan fingerprint density at radius 3 is 2.26 bits per heavy atom. The summed E-state index contributed by atoms with van der Waals surface area (Å²) < 4.78 is 14.3. The lowest BCUT2D eigenvalue weighted by Crippen LogP contribution is -2.50. The van der Waals surface area contributed by atoms with E-state index in [1.165, 1.54) is 12.1 Å². The molecule has 7 nitrogen and oxygen atoms in total. The van der Waals surface area contributed by atoms with Gasteiger partial charge in [0, 0.05) is 6.54 Å². The van der Waals surface area contributed by atoms with E-state index in [2.05, 4.69) is 0 Å². The topological polar surface area (TPSA) is 95.0 Å². The van der Waals surface area contributed by atoms with Gasteiger partial charge in [-0.15, -0.1) is 0 Å². The molecule has 0 radical (unpaired) electrons. The lowest BCUT2D eigenvalue weighted by atomic mass is 9.77. The zero-order chi connectivity index (χ0) is 24.0. The van der Waals surface area contributed by atoms with Crippen LogP contribution in [0.15, 0.2) is 42.5 Å². The summed E-state index contributed by atoms with van der Waals surface area (Å²) in [5.41, 5.74) is 2.02. The van der Waals surface area contributed by atoms with Crippen LogP contribution >= 0.6 is 0 Å². The quantitative estimate of drug-likeness (QED) is 0.700. The Kier molecular flexibility index (Phi) is 5.67. The monoisotopic (exact) mass is 464 g/mol. The molecule has 0 spiro atoms. The molecule has 2 aromatic carbocycles. The summed E-state index contributed by atoms with van der Waals surface area (Å²) in [4.78, 5) is 54.3. The van der Waals surface area contributed by atoms with E-state index in [1.807, 2.05) is 0 Å². The lowest BCUT2D eigenvalue weighted by Gasteiger charge is -2.42. The number of fused-ring (bicyclic) bond motifs is 2. The molecule has 5 rings (SSSR count). The molecule has 3 aliphatic rings. The van der Waals surface area contributed by atoms with Gasteiger partial charge in [-0.3, -0.25) is 24.1 Å². The fraction of sp³-hybridized carbons (Fsp3) is 0.385. The third-order valence-electron chi connectivity index (χ3n) is 7.38. The number of carboxylic acids is 1. The van der Waals surface area contributed by atoms with E-state index in [4.69, 9.17) is 0 Å². The van der Waals surface area contributed by atoms with Crippen LogP contribution in [-0.4, -0.2) is 51.7 Å². The Balaban J connectivity index is 1.51. The molecule has 0 aromatic heterocycles. The van der Waals surface area contributed by atoms with E-state index in [0.29, 0.717) is 42.5 Å². The number of carbonyl (C=O) groups is 4. The molecule has 1 unspecified atom stereocenters. The van der Waals surface area contributed by atoms with Gasteiger partial charge in [-0.05, 0) is 54.7 Å². The van der Waals surface area contributed by atoms with E-state index in [0.717, 1.165) is 23.3 Å². The number of aliphatic carboxylic acids is 1. The Labute approximate surface area is 196 Å². The molecule has 34 heavy (non-hydrogen) atoms. The molecule has 1 fully saturated rings. The van der Waals surface area contributed by atoms with Crippen molar-refractivity contribution in [2.24, 2.45) is 11.8 Å². The van der Waals surface area contributed by atoms with E-state index in [9.17, 15) is 28.7 Å². The van der Waals surface area contributed by atoms with Crippen molar-refractivity contribution in [3.05, 3.63) is 70.5 Å². The molecule has 1 saturated carbocycles. The van der Waals surface area contributed by atoms with E-state index < -0.39 is 41.5 Å². The molecule has 8 heteroatoms. The molecule has 0 bridgehead atoms. The third-order valence-corrected chi connectivity index (χ3v) is 7.38. The number of carbonyl (C=O) groups excluding carboxylic acids is 3. The average molecular weight is 464 g/mol. The number of imide groups is 1. The Hall–Kier alpha value is -3.55. The van der Waals surface area contributed by atoms with Crippen LogP contribution in [0.5, 0.6) is 0 Å². The highest BCUT2D eigenvalue weighted by Crippen LogP contribution is 2.38. The predicted octanol–water partition coefficient (Wildman–Crippen LogP) is 3.44. The first-order valence-electron chi connectivity index (χ1n) is 11.6. The standard InChI is InChI=1S/C26H25FN2O5/c27-16-10-9-15-11-12-28(23(30)19-7-3-4-8-20(19)26(33)34)22(21(15)13-16)14-29-24(31)17-5-1-2-6-18(17)25(29)32/h1-2,5-6,9-10,13,19-20,22H,3-4,7-8,11-12,14H2,(H,33,34)/t19-,20+,22?/m0/s1. The van der Waals surface area contributed by atoms with Crippen LogP contribution in [-0.2, 0) is 16.0 Å². The van der Waals surface area contributed by atoms with Crippen molar-refractivity contribution >= 4 is 23.7 Å². The summed E-state index contributed by atoms with van der Waals surface area (Å²) in [6.07, 6.45) is 2.93. The second-order valence-corrected chi connectivity index (χ2v) is 9.24. The molecule has 0 saturated heterocycles. The highest BCUT2D eigenvalue weighted by atomic mass is 19.1. The molecule has 2 heterocycles. The van der Waals surface area contributed by atoms with Gasteiger partial charge in [0.15, 0.2) is 0 Å². The van der Waals surface area contributed by atoms with Crippen LogP contribution in [0.4, 0.5) is 4.39 Å². The van der Waals surface area contributed by atoms with Gasteiger partial charge in [0.1, 0.15) is 5.82 Å². The number of rotatable bonds is 4. The fourth-order valence-electron chi connectivity index (χ4n) is 5.64. The highest BCUT2D eigenvalue weighted by Gasteiger charge is 2.44. The maximum Gasteiger partial charge on any atom is 0.307 e. The maximum absolute atomic E-state index is 14.3. The zero-order valence-corrected chi connectivity index (χ0v) is 18.6. The number of benzene rings is 2. The molecule has 176 valence electrons. The van der Waals surface area contributed by atoms with Crippen molar-refractivity contribution in [2.75, 3.05) is 13.1 Å². The summed E-state index contributed by atoms with van der Waals surface area (Å²) in [7, 11) is 0. The summed E-state index contributed by atoms with van der Waals surface area (Å²) in [6, 6.07) is 10.2. The van der Waals surface area contributed by atoms with Crippen LogP contribution in [0.25, 0.3) is 0 Å². The third kappa shape index (κ3) is 3.67. The normalized spacial score (nSPS) is 24.1. The second kappa shape index (κ2) is 8.66. The number of carboxylic acid groups (broad SMARTS) is 1. The number of hydrogen-bond acceptors (Lipinski definition) is 4. The zero-order valence-electron chi connectivity index (χ0n) is 18.6. The Bertz CT molecular complexity index is 1160. The Morgan fingerprint density at radius 2 is 1.62 bits per heavy atom. The van der Waals surface area contributed by atoms with Gasteiger partial charge in [0.2, 0.25) is 5.91 Å². The summed E-state index contributed by atoms with van der Waals surface area (Å²) in [5, 5.41) is 9.70. The number of amides is 3. The van der Waals surface area contributed by atoms with Crippen LogP contribution < -0.4 is 0 Å². The summed E-state index contributed by atoms with van der Waals surface area (Å²) in [6.45, 7) is 0.202. The number of hydrogen-bond donors (Lipinski definition) is 1. The van der Waals surface area contributed by atoms with Crippen molar-refractivity contribution in [3.8, 4) is 0 Å². The number of nitrogens with zero attached hydrogens (tertiary/aromatic N) is 2. The first-order chi connectivity index (χ1) is 16.4. The summed E-state index contributed by atoms with van der Waals surface area (Å²) >= 11 is 0. The molecule has 3 amide bonds. The lowest BCUT2D eigenvalue weighted by molar-refractivity contribution is -0.153. The van der Waals surface area contributed by atoms with Crippen molar-refractivity contribution < 1.29 is 28.7 Å². The summed E-state index contributed by atoms with van der Waals surface area (Å²) in [5.74, 6) is -4.10. The molecular weight excluding hydrogens is 439 g/mol. The van der Waals surface area contributed by atoms with Gasteiger partial charge in [-0.25, -0.2) is 4.39 Å². The van der Waals surface area contributed by atoms with Crippen LogP contribution in [0, 0.1) is 17.7 Å². The van der Waals surface area contributed by atoms with Crippen molar-refractivity contribution in [3.63, 3.8) is 0 Å². The Morgan fingerprint density at radius 1 is 0.971 bits per heavy atom. The molecule has 1 N–H and O–H groups in total. The minimum atomic E-state index is -0.988. The number of halogens is 1. The average Bonchev–Trinajstić information content (AvgIpc) is 3.08. The van der Waals surface area contributed by atoms with E-state index in [-0.39, 0.29) is 12.5 Å². The minimum Gasteiger partial charge on any atom is -0.481 e. The van der Waals surface area contributed by atoms with E-state index >= 15 is 0 Å². The maximum atomic E-state index is 14.3. The molecular formula is C26H25FN2O5. The van der Waals surface area contributed by atoms with Crippen molar-refractivity contribution in [1.29, 1.82) is 0 Å². The van der Waals surface area contributed by atoms with Gasteiger partial charge in [0.25, 0.3) is 11.8 Å². The smallest absolute Gasteiger partial charge is 0.307 e.